The van der Waals surface area contributed by atoms with Crippen molar-refractivity contribution in [3.63, 3.8) is 0 Å². The molecule has 0 radical (unpaired) electrons. The molecule has 1 atom stereocenters. The lowest BCUT2D eigenvalue weighted by atomic mass is 10.3. The van der Waals surface area contributed by atoms with Crippen LogP contribution in [0.25, 0.3) is 0 Å². The summed E-state index contributed by atoms with van der Waals surface area (Å²) >= 11 is 0. The zero-order valence-corrected chi connectivity index (χ0v) is 9.30. The lowest BCUT2D eigenvalue weighted by Gasteiger charge is -2.16. The number of nitrogens with two attached hydrogens (primary N) is 1. The number of nitrogens with one attached hydrogen (secondary N) is 1. The molecule has 0 saturated carbocycles. The number of hydrogen-bond donors (Lipinski definition) is 3. The van der Waals surface area contributed by atoms with E-state index in [9.17, 15) is 0 Å². The molecule has 7 heteroatoms. The van der Waals surface area contributed by atoms with Gasteiger partial charge < -0.3 is 25.6 Å². The maximum Gasteiger partial charge on any atom is 0.225 e. The Morgan fingerprint density at radius 3 is 2.81 bits per heavy atom. The van der Waals surface area contributed by atoms with Crippen LogP contribution in [0, 0.1) is 0 Å². The first-order chi connectivity index (χ1) is 7.69. The zero-order chi connectivity index (χ0) is 12.0. The smallest absolute Gasteiger partial charge is 0.225 e. The van der Waals surface area contributed by atoms with Crippen LogP contribution in [0.2, 0.25) is 0 Å². The average Bonchev–Trinajstić information content (AvgIpc) is 2.27. The van der Waals surface area contributed by atoms with E-state index < -0.39 is 0 Å². The lowest BCUT2D eigenvalue weighted by molar-refractivity contribution is 0.153. The molecule has 90 valence electrons. The molecule has 0 bridgehead atoms. The molecule has 0 aliphatic rings. The standard InChI is InChI=1S/C9H16N4O3/c1-15-5-6(4-14)11-7-3-8(16-2)13-9(10)12-7/h3,6,14H,4-5H2,1-2H3,(H3,10,11,12,13). The predicted octanol–water partition coefficient (Wildman–Crippen LogP) is -0.513. The highest BCUT2D eigenvalue weighted by Crippen LogP contribution is 2.14. The number of methoxy groups -OCH3 is 2. The molecule has 1 aromatic rings. The van der Waals surface area contributed by atoms with Crippen LogP contribution in [0.1, 0.15) is 0 Å². The number of ether oxygens (including phenoxy) is 2. The third-order valence-electron chi connectivity index (χ3n) is 1.87. The van der Waals surface area contributed by atoms with Crippen LogP contribution in [0.15, 0.2) is 6.07 Å². The van der Waals surface area contributed by atoms with Gasteiger partial charge in [-0.2, -0.15) is 9.97 Å². The third-order valence-corrected chi connectivity index (χ3v) is 1.87. The van der Waals surface area contributed by atoms with E-state index >= 15 is 0 Å². The van der Waals surface area contributed by atoms with E-state index in [2.05, 4.69) is 15.3 Å². The molecule has 1 rings (SSSR count). The van der Waals surface area contributed by atoms with Gasteiger partial charge in [0.05, 0.1) is 26.4 Å². The first kappa shape index (κ1) is 12.5. The van der Waals surface area contributed by atoms with Gasteiger partial charge in [0.15, 0.2) is 0 Å². The minimum atomic E-state index is -0.246. The van der Waals surface area contributed by atoms with Gasteiger partial charge in [0.1, 0.15) is 5.82 Å². The Kier molecular flexibility index (Phi) is 4.74. The fourth-order valence-corrected chi connectivity index (χ4v) is 1.17. The van der Waals surface area contributed by atoms with Crippen molar-refractivity contribution < 1.29 is 14.6 Å². The van der Waals surface area contributed by atoms with Crippen molar-refractivity contribution in [3.8, 4) is 5.88 Å². The van der Waals surface area contributed by atoms with Crippen LogP contribution >= 0.6 is 0 Å². The summed E-state index contributed by atoms with van der Waals surface area (Å²) in [5.74, 6) is 0.959. The van der Waals surface area contributed by atoms with E-state index in [4.69, 9.17) is 20.3 Å². The number of aliphatic hydroxyl groups excluding tert-OH is 1. The Hall–Kier alpha value is -1.60. The summed E-state index contributed by atoms with van der Waals surface area (Å²) in [4.78, 5) is 7.80. The molecule has 1 aromatic heterocycles. The summed E-state index contributed by atoms with van der Waals surface area (Å²) in [6.45, 7) is 0.294. The van der Waals surface area contributed by atoms with Gasteiger partial charge in [-0.3, -0.25) is 0 Å². The van der Waals surface area contributed by atoms with Gasteiger partial charge in [0.2, 0.25) is 11.8 Å². The largest absolute Gasteiger partial charge is 0.481 e. The van der Waals surface area contributed by atoms with E-state index in [-0.39, 0.29) is 18.6 Å². The van der Waals surface area contributed by atoms with E-state index in [1.165, 1.54) is 7.11 Å². The predicted molar refractivity (Wildman–Crippen MR) is 59.4 cm³/mol. The van der Waals surface area contributed by atoms with Crippen molar-refractivity contribution in [2.45, 2.75) is 6.04 Å². The van der Waals surface area contributed by atoms with Crippen molar-refractivity contribution in [1.29, 1.82) is 0 Å². The second-order valence-electron chi connectivity index (χ2n) is 3.13. The molecule has 0 aliphatic carbocycles. The van der Waals surface area contributed by atoms with Gasteiger partial charge in [0, 0.05) is 13.2 Å². The first-order valence-electron chi connectivity index (χ1n) is 4.74. The number of aliphatic hydroxyl groups is 1. The summed E-state index contributed by atoms with van der Waals surface area (Å²) in [6.07, 6.45) is 0. The number of hydrogen-bond acceptors (Lipinski definition) is 7. The van der Waals surface area contributed by atoms with Gasteiger partial charge in [-0.15, -0.1) is 0 Å². The van der Waals surface area contributed by atoms with E-state index in [1.807, 2.05) is 0 Å². The van der Waals surface area contributed by atoms with E-state index in [0.717, 1.165) is 0 Å². The fourth-order valence-electron chi connectivity index (χ4n) is 1.17. The van der Waals surface area contributed by atoms with E-state index in [1.54, 1.807) is 13.2 Å². The highest BCUT2D eigenvalue weighted by atomic mass is 16.5. The highest BCUT2D eigenvalue weighted by Gasteiger charge is 2.09. The molecule has 0 saturated heterocycles. The highest BCUT2D eigenvalue weighted by molar-refractivity contribution is 5.43. The maximum atomic E-state index is 9.07. The Balaban J connectivity index is 2.74. The third kappa shape index (κ3) is 3.52. The lowest BCUT2D eigenvalue weighted by Crippen LogP contribution is -2.29. The molecule has 1 heterocycles. The number of anilines is 2. The Morgan fingerprint density at radius 2 is 2.25 bits per heavy atom. The van der Waals surface area contributed by atoms with Gasteiger partial charge >= 0.3 is 0 Å². The molecule has 0 amide bonds. The molecule has 0 aliphatic heterocycles. The van der Waals surface area contributed by atoms with E-state index in [0.29, 0.717) is 18.3 Å². The molecular weight excluding hydrogens is 212 g/mol. The quantitative estimate of drug-likeness (QED) is 0.602. The van der Waals surface area contributed by atoms with Crippen molar-refractivity contribution in [1.82, 2.24) is 9.97 Å². The van der Waals surface area contributed by atoms with Crippen molar-refractivity contribution >= 4 is 11.8 Å². The summed E-state index contributed by atoms with van der Waals surface area (Å²) in [7, 11) is 3.05. The van der Waals surface area contributed by atoms with Crippen LogP contribution in [-0.2, 0) is 4.74 Å². The molecule has 16 heavy (non-hydrogen) atoms. The number of nitrogens with zero attached hydrogens (tertiary/aromatic N) is 2. The molecule has 1 unspecified atom stereocenters. The monoisotopic (exact) mass is 228 g/mol. The molecule has 4 N–H and O–H groups in total. The summed E-state index contributed by atoms with van der Waals surface area (Å²) in [5.41, 5.74) is 5.49. The number of nitrogen functional groups attached to an aromatic ring is 1. The molecule has 0 aromatic carbocycles. The Labute approximate surface area is 93.6 Å². The molecule has 0 spiro atoms. The van der Waals surface area contributed by atoms with Crippen molar-refractivity contribution in [2.24, 2.45) is 0 Å². The molecule has 0 fully saturated rings. The fraction of sp³-hybridized carbons (Fsp3) is 0.556. The topological polar surface area (TPSA) is 103 Å². The van der Waals surface area contributed by atoms with Gasteiger partial charge in [0.25, 0.3) is 0 Å². The summed E-state index contributed by atoms with van der Waals surface area (Å²) in [6, 6.07) is 1.35. The Bertz CT molecular complexity index is 335. The SMILES string of the molecule is COCC(CO)Nc1cc(OC)nc(N)n1. The maximum absolute atomic E-state index is 9.07. The second-order valence-corrected chi connectivity index (χ2v) is 3.13. The average molecular weight is 228 g/mol. The van der Waals surface area contributed by atoms with Crippen LogP contribution in [0.5, 0.6) is 5.88 Å². The minimum Gasteiger partial charge on any atom is -0.481 e. The van der Waals surface area contributed by atoms with Crippen LogP contribution in [-0.4, -0.2) is 48.5 Å². The van der Waals surface area contributed by atoms with Crippen LogP contribution in [0.3, 0.4) is 0 Å². The zero-order valence-electron chi connectivity index (χ0n) is 9.30. The van der Waals surface area contributed by atoms with Gasteiger partial charge in [-0.1, -0.05) is 0 Å². The molecule has 7 nitrogen and oxygen atoms in total. The summed E-state index contributed by atoms with van der Waals surface area (Å²) in [5, 5.41) is 12.0. The molecular formula is C9H16N4O3. The normalized spacial score (nSPS) is 12.2. The number of rotatable bonds is 6. The van der Waals surface area contributed by atoms with Gasteiger partial charge in [-0.05, 0) is 0 Å². The Morgan fingerprint density at radius 1 is 1.50 bits per heavy atom. The minimum absolute atomic E-state index is 0.0694. The summed E-state index contributed by atoms with van der Waals surface area (Å²) < 4.78 is 9.87. The van der Waals surface area contributed by atoms with Crippen LogP contribution < -0.4 is 15.8 Å². The first-order valence-corrected chi connectivity index (χ1v) is 4.74. The van der Waals surface area contributed by atoms with Crippen molar-refractivity contribution in [2.75, 3.05) is 38.5 Å². The second kappa shape index (κ2) is 6.09. The van der Waals surface area contributed by atoms with Crippen molar-refractivity contribution in [3.05, 3.63) is 6.07 Å². The van der Waals surface area contributed by atoms with Crippen LogP contribution in [0.4, 0.5) is 11.8 Å². The number of aromatic nitrogens is 2. The van der Waals surface area contributed by atoms with Gasteiger partial charge in [-0.25, -0.2) is 0 Å².